The van der Waals surface area contributed by atoms with Crippen LogP contribution < -0.4 is 9.47 Å². The van der Waals surface area contributed by atoms with E-state index in [1.807, 2.05) is 0 Å². The smallest absolute Gasteiger partial charge is 0.346 e. The van der Waals surface area contributed by atoms with Gasteiger partial charge >= 0.3 is 5.97 Å². The topological polar surface area (TPSA) is 59.3 Å². The van der Waals surface area contributed by atoms with Crippen LogP contribution >= 0.6 is 11.6 Å². The minimum atomic E-state index is -1.77. The number of ether oxygens (including phenoxy) is 2. The van der Waals surface area contributed by atoms with Crippen LogP contribution in [0.2, 0.25) is 5.02 Å². The average molecular weight is 444 g/mol. The molecule has 156 valence electrons. The molecule has 4 nitrogen and oxygen atoms in total. The SMILES string of the molecule is COc1cc(/C=C(/C#N)c2cccc(Cl)c2)ccc1OC(=O)c1ccc(F)c(F)c1F. The van der Waals surface area contributed by atoms with Gasteiger partial charge in [0, 0.05) is 5.02 Å². The fourth-order valence-corrected chi connectivity index (χ4v) is 2.89. The second-order valence-corrected chi connectivity index (χ2v) is 6.64. The normalized spacial score (nSPS) is 11.0. The number of nitriles is 1. The number of hydrogen-bond acceptors (Lipinski definition) is 4. The highest BCUT2D eigenvalue weighted by Crippen LogP contribution is 2.31. The van der Waals surface area contributed by atoms with E-state index >= 15 is 0 Å². The molecule has 0 bridgehead atoms. The van der Waals surface area contributed by atoms with E-state index in [2.05, 4.69) is 6.07 Å². The van der Waals surface area contributed by atoms with Gasteiger partial charge in [-0.25, -0.2) is 18.0 Å². The van der Waals surface area contributed by atoms with Crippen LogP contribution in [0.15, 0.2) is 54.6 Å². The van der Waals surface area contributed by atoms with Gasteiger partial charge in [0.2, 0.25) is 0 Å². The molecule has 0 unspecified atom stereocenters. The summed E-state index contributed by atoms with van der Waals surface area (Å²) in [5, 5.41) is 9.95. The van der Waals surface area contributed by atoms with Crippen LogP contribution in [0, 0.1) is 28.8 Å². The van der Waals surface area contributed by atoms with Crippen molar-refractivity contribution in [2.24, 2.45) is 0 Å². The van der Waals surface area contributed by atoms with Crippen molar-refractivity contribution >= 4 is 29.2 Å². The third-order valence-corrected chi connectivity index (χ3v) is 4.45. The minimum Gasteiger partial charge on any atom is -0.493 e. The largest absolute Gasteiger partial charge is 0.493 e. The van der Waals surface area contributed by atoms with Crippen LogP contribution in [0.3, 0.4) is 0 Å². The molecule has 0 spiro atoms. The van der Waals surface area contributed by atoms with Crippen LogP contribution in [0.5, 0.6) is 11.5 Å². The van der Waals surface area contributed by atoms with E-state index in [4.69, 9.17) is 21.1 Å². The zero-order valence-electron chi connectivity index (χ0n) is 16.0. The molecule has 0 aromatic heterocycles. The Morgan fingerprint density at radius 3 is 2.48 bits per heavy atom. The molecule has 0 saturated heterocycles. The van der Waals surface area contributed by atoms with E-state index in [0.29, 0.717) is 27.8 Å². The van der Waals surface area contributed by atoms with Crippen molar-refractivity contribution in [1.29, 1.82) is 5.26 Å². The highest BCUT2D eigenvalue weighted by molar-refractivity contribution is 6.30. The predicted molar refractivity (Wildman–Crippen MR) is 109 cm³/mol. The van der Waals surface area contributed by atoms with Crippen molar-refractivity contribution in [3.63, 3.8) is 0 Å². The van der Waals surface area contributed by atoms with Crippen molar-refractivity contribution in [3.8, 4) is 17.6 Å². The fraction of sp³-hybridized carbons (Fsp3) is 0.0435. The first-order valence-corrected chi connectivity index (χ1v) is 9.13. The molecule has 0 aliphatic heterocycles. The Morgan fingerprint density at radius 1 is 1.03 bits per heavy atom. The first kappa shape index (κ1) is 21.9. The summed E-state index contributed by atoms with van der Waals surface area (Å²) < 4.78 is 50.6. The molecule has 31 heavy (non-hydrogen) atoms. The minimum absolute atomic E-state index is 0.0740. The lowest BCUT2D eigenvalue weighted by atomic mass is 10.0. The molecule has 0 atom stereocenters. The van der Waals surface area contributed by atoms with Crippen LogP contribution in [0.4, 0.5) is 13.2 Å². The molecule has 0 aliphatic rings. The van der Waals surface area contributed by atoms with Crippen molar-refractivity contribution in [2.75, 3.05) is 7.11 Å². The Bertz CT molecular complexity index is 1240. The van der Waals surface area contributed by atoms with Gasteiger partial charge in [0.05, 0.1) is 24.3 Å². The van der Waals surface area contributed by atoms with Gasteiger partial charge in [0.15, 0.2) is 29.0 Å². The van der Waals surface area contributed by atoms with Gasteiger partial charge in [0.25, 0.3) is 0 Å². The summed E-state index contributed by atoms with van der Waals surface area (Å²) >= 11 is 5.97. The number of benzene rings is 3. The van der Waals surface area contributed by atoms with Crippen LogP contribution in [-0.2, 0) is 0 Å². The van der Waals surface area contributed by atoms with Crippen molar-refractivity contribution in [3.05, 3.63) is 93.8 Å². The first-order valence-electron chi connectivity index (χ1n) is 8.75. The fourth-order valence-electron chi connectivity index (χ4n) is 2.70. The molecular weight excluding hydrogens is 431 g/mol. The second-order valence-electron chi connectivity index (χ2n) is 6.20. The molecule has 8 heteroatoms. The quantitative estimate of drug-likeness (QED) is 0.158. The molecule has 0 fully saturated rings. The third kappa shape index (κ3) is 4.87. The van der Waals surface area contributed by atoms with Gasteiger partial charge in [-0.2, -0.15) is 5.26 Å². The van der Waals surface area contributed by atoms with Crippen LogP contribution in [0.1, 0.15) is 21.5 Å². The average Bonchev–Trinajstić information content (AvgIpc) is 2.76. The van der Waals surface area contributed by atoms with Gasteiger partial charge in [0.1, 0.15) is 0 Å². The van der Waals surface area contributed by atoms with E-state index in [1.54, 1.807) is 30.3 Å². The zero-order chi connectivity index (χ0) is 22.5. The van der Waals surface area contributed by atoms with E-state index in [-0.39, 0.29) is 11.5 Å². The summed E-state index contributed by atoms with van der Waals surface area (Å²) in [6.45, 7) is 0. The molecule has 0 heterocycles. The monoisotopic (exact) mass is 443 g/mol. The number of rotatable bonds is 5. The highest BCUT2D eigenvalue weighted by Gasteiger charge is 2.21. The molecule has 0 saturated carbocycles. The van der Waals surface area contributed by atoms with Crippen molar-refractivity contribution < 1.29 is 27.4 Å². The van der Waals surface area contributed by atoms with E-state index < -0.39 is 29.0 Å². The number of esters is 1. The second kappa shape index (κ2) is 9.37. The molecule has 0 amide bonds. The Morgan fingerprint density at radius 2 is 1.81 bits per heavy atom. The number of carbonyl (C=O) groups excluding carboxylic acids is 1. The molecule has 3 rings (SSSR count). The Balaban J connectivity index is 1.91. The van der Waals surface area contributed by atoms with Crippen molar-refractivity contribution in [2.45, 2.75) is 0 Å². The highest BCUT2D eigenvalue weighted by atomic mass is 35.5. The maximum atomic E-state index is 13.8. The summed E-state index contributed by atoms with van der Waals surface area (Å²) in [6, 6.07) is 14.6. The van der Waals surface area contributed by atoms with Gasteiger partial charge in [-0.1, -0.05) is 29.8 Å². The third-order valence-electron chi connectivity index (χ3n) is 4.21. The lowest BCUT2D eigenvalue weighted by Crippen LogP contribution is -2.13. The summed E-state index contributed by atoms with van der Waals surface area (Å²) in [7, 11) is 1.32. The van der Waals surface area contributed by atoms with E-state index in [0.717, 1.165) is 6.07 Å². The standard InChI is InChI=1S/C23H13ClF3NO3/c1-30-20-10-13(9-15(12-28)14-3-2-4-16(24)11-14)5-8-19(20)31-23(29)17-6-7-18(25)22(27)21(17)26/h2-11H,1H3/b15-9-. The summed E-state index contributed by atoms with van der Waals surface area (Å²) in [6.07, 6.45) is 1.58. The van der Waals surface area contributed by atoms with Crippen LogP contribution in [0.25, 0.3) is 11.6 Å². The molecular formula is C23H13ClF3NO3. The Hall–Kier alpha value is -3.76. The van der Waals surface area contributed by atoms with Crippen molar-refractivity contribution in [1.82, 2.24) is 0 Å². The van der Waals surface area contributed by atoms with Gasteiger partial charge < -0.3 is 9.47 Å². The number of hydrogen-bond donors (Lipinski definition) is 0. The number of carbonyl (C=O) groups is 1. The number of methoxy groups -OCH3 is 1. The van der Waals surface area contributed by atoms with E-state index in [9.17, 15) is 23.2 Å². The van der Waals surface area contributed by atoms with Gasteiger partial charge in [-0.05, 0) is 53.6 Å². The zero-order valence-corrected chi connectivity index (χ0v) is 16.7. The van der Waals surface area contributed by atoms with Crippen LogP contribution in [-0.4, -0.2) is 13.1 Å². The van der Waals surface area contributed by atoms with Gasteiger partial charge in [-0.15, -0.1) is 0 Å². The molecule has 0 N–H and O–H groups in total. The Labute approximate surface area is 180 Å². The van der Waals surface area contributed by atoms with E-state index in [1.165, 1.54) is 25.3 Å². The molecule has 3 aromatic carbocycles. The maximum absolute atomic E-state index is 13.8. The first-order chi connectivity index (χ1) is 14.8. The summed E-state index contributed by atoms with van der Waals surface area (Å²) in [5.41, 5.74) is 0.723. The number of allylic oxidation sites excluding steroid dienone is 1. The summed E-state index contributed by atoms with van der Waals surface area (Å²) in [5.74, 6) is -6.04. The van der Waals surface area contributed by atoms with Gasteiger partial charge in [-0.3, -0.25) is 0 Å². The molecule has 3 aromatic rings. The molecule has 0 radical (unpaired) electrons. The molecule has 0 aliphatic carbocycles. The Kier molecular flexibility index (Phi) is 6.63. The lowest BCUT2D eigenvalue weighted by Gasteiger charge is -2.11. The summed E-state index contributed by atoms with van der Waals surface area (Å²) in [4.78, 5) is 12.2. The maximum Gasteiger partial charge on any atom is 0.346 e. The lowest BCUT2D eigenvalue weighted by molar-refractivity contribution is 0.0723. The predicted octanol–water partition coefficient (Wildman–Crippen LogP) is 6.05. The number of halogens is 4. The number of nitrogens with zero attached hydrogens (tertiary/aromatic N) is 1.